The van der Waals surface area contributed by atoms with Gasteiger partial charge in [0.25, 0.3) is 21.8 Å². The van der Waals surface area contributed by atoms with Crippen molar-refractivity contribution in [3.63, 3.8) is 0 Å². The van der Waals surface area contributed by atoms with Crippen LogP contribution in [0.2, 0.25) is 0 Å². The normalized spacial score (nSPS) is 10.9. The van der Waals surface area contributed by atoms with Crippen LogP contribution in [0, 0.1) is 6.92 Å². The van der Waals surface area contributed by atoms with Crippen LogP contribution in [0.3, 0.4) is 0 Å². The van der Waals surface area contributed by atoms with Crippen molar-refractivity contribution in [2.45, 2.75) is 11.8 Å². The SMILES string of the molecule is Cc1ccc(NS(=O)(=O)c2ccc(C(=O)Nc3ccc(OCC(=O)N(C)C)cc3)cc2)cc1. The number of benzene rings is 3. The predicted molar refractivity (Wildman–Crippen MR) is 127 cm³/mol. The highest BCUT2D eigenvalue weighted by atomic mass is 32.2. The summed E-state index contributed by atoms with van der Waals surface area (Å²) in [4.78, 5) is 25.6. The minimum absolute atomic E-state index is 0.0494. The lowest BCUT2D eigenvalue weighted by atomic mass is 10.2. The highest BCUT2D eigenvalue weighted by Crippen LogP contribution is 2.19. The fourth-order valence-corrected chi connectivity index (χ4v) is 3.79. The van der Waals surface area contributed by atoms with Crippen molar-refractivity contribution in [1.29, 1.82) is 0 Å². The monoisotopic (exact) mass is 467 g/mol. The van der Waals surface area contributed by atoms with E-state index in [1.807, 2.05) is 19.1 Å². The summed E-state index contributed by atoms with van der Waals surface area (Å²) in [5.41, 5.74) is 2.32. The molecule has 3 aromatic rings. The number of sulfonamides is 1. The molecule has 3 rings (SSSR count). The Kier molecular flexibility index (Phi) is 7.34. The van der Waals surface area contributed by atoms with Gasteiger partial charge in [-0.2, -0.15) is 0 Å². The van der Waals surface area contributed by atoms with Crippen molar-refractivity contribution in [3.8, 4) is 5.75 Å². The van der Waals surface area contributed by atoms with Gasteiger partial charge >= 0.3 is 0 Å². The third kappa shape index (κ3) is 6.56. The minimum Gasteiger partial charge on any atom is -0.484 e. The summed E-state index contributed by atoms with van der Waals surface area (Å²) < 4.78 is 33.1. The van der Waals surface area contributed by atoms with Gasteiger partial charge < -0.3 is 15.0 Å². The molecule has 172 valence electrons. The molecular weight excluding hydrogens is 442 g/mol. The molecule has 9 heteroatoms. The molecule has 0 heterocycles. The molecule has 0 radical (unpaired) electrons. The van der Waals surface area contributed by atoms with E-state index < -0.39 is 10.0 Å². The lowest BCUT2D eigenvalue weighted by Gasteiger charge is -2.12. The van der Waals surface area contributed by atoms with E-state index in [1.165, 1.54) is 29.2 Å². The smallest absolute Gasteiger partial charge is 0.261 e. The molecule has 0 aliphatic rings. The molecule has 0 aliphatic carbocycles. The van der Waals surface area contributed by atoms with Gasteiger partial charge in [-0.05, 0) is 67.6 Å². The molecule has 0 spiro atoms. The fourth-order valence-electron chi connectivity index (χ4n) is 2.73. The molecule has 0 atom stereocenters. The molecule has 0 unspecified atom stereocenters. The zero-order chi connectivity index (χ0) is 24.0. The first kappa shape index (κ1) is 23.8. The fraction of sp³-hybridized carbons (Fsp3) is 0.167. The average molecular weight is 468 g/mol. The van der Waals surface area contributed by atoms with E-state index in [-0.39, 0.29) is 23.3 Å². The molecule has 0 aromatic heterocycles. The van der Waals surface area contributed by atoms with Gasteiger partial charge in [-0.1, -0.05) is 17.7 Å². The molecule has 2 amide bonds. The van der Waals surface area contributed by atoms with E-state index in [2.05, 4.69) is 10.0 Å². The first-order valence-electron chi connectivity index (χ1n) is 10.1. The van der Waals surface area contributed by atoms with Crippen LogP contribution in [-0.2, 0) is 14.8 Å². The second-order valence-corrected chi connectivity index (χ2v) is 9.23. The summed E-state index contributed by atoms with van der Waals surface area (Å²) in [5, 5.41) is 2.74. The molecule has 0 bridgehead atoms. The van der Waals surface area contributed by atoms with Crippen molar-refractivity contribution in [1.82, 2.24) is 4.90 Å². The van der Waals surface area contributed by atoms with E-state index in [1.54, 1.807) is 50.5 Å². The van der Waals surface area contributed by atoms with Gasteiger partial charge in [0.15, 0.2) is 6.61 Å². The van der Waals surface area contributed by atoms with Crippen LogP contribution >= 0.6 is 0 Å². The van der Waals surface area contributed by atoms with Gasteiger partial charge in [0.2, 0.25) is 0 Å². The number of hydrogen-bond donors (Lipinski definition) is 2. The Morgan fingerprint density at radius 3 is 2.00 bits per heavy atom. The van der Waals surface area contributed by atoms with Gasteiger partial charge in [-0.25, -0.2) is 8.42 Å². The Labute approximate surface area is 193 Å². The van der Waals surface area contributed by atoms with Gasteiger partial charge in [0.1, 0.15) is 5.75 Å². The summed E-state index contributed by atoms with van der Waals surface area (Å²) in [6.45, 7) is 1.84. The lowest BCUT2D eigenvalue weighted by molar-refractivity contribution is -0.130. The van der Waals surface area contributed by atoms with Crippen LogP contribution in [0.4, 0.5) is 11.4 Å². The Morgan fingerprint density at radius 1 is 0.848 bits per heavy atom. The molecule has 2 N–H and O–H groups in total. The molecule has 0 saturated carbocycles. The number of nitrogens with one attached hydrogen (secondary N) is 2. The van der Waals surface area contributed by atoms with Gasteiger partial charge in [0.05, 0.1) is 4.90 Å². The van der Waals surface area contributed by atoms with Crippen molar-refractivity contribution in [2.75, 3.05) is 30.7 Å². The Bertz CT molecular complexity index is 1220. The number of likely N-dealkylation sites (N-methyl/N-ethyl adjacent to an activating group) is 1. The number of carbonyl (C=O) groups is 2. The van der Waals surface area contributed by atoms with Crippen LogP contribution in [0.5, 0.6) is 5.75 Å². The van der Waals surface area contributed by atoms with E-state index in [0.29, 0.717) is 22.7 Å². The number of ether oxygens (including phenoxy) is 1. The third-order valence-electron chi connectivity index (χ3n) is 4.70. The number of rotatable bonds is 8. The second kappa shape index (κ2) is 10.2. The number of aryl methyl sites for hydroxylation is 1. The number of anilines is 2. The van der Waals surface area contributed by atoms with Crippen molar-refractivity contribution < 1.29 is 22.7 Å². The standard InChI is InChI=1S/C24H25N3O5S/c1-17-4-8-20(9-5-17)26-33(30,31)22-14-6-18(7-15-22)24(29)25-19-10-12-21(13-11-19)32-16-23(28)27(2)3/h4-15,26H,16H2,1-3H3,(H,25,29). The van der Waals surface area contributed by atoms with Crippen LogP contribution < -0.4 is 14.8 Å². The van der Waals surface area contributed by atoms with E-state index >= 15 is 0 Å². The molecule has 0 aliphatic heterocycles. The maximum atomic E-state index is 12.6. The number of amides is 2. The topological polar surface area (TPSA) is 105 Å². The molecular formula is C24H25N3O5S. The zero-order valence-corrected chi connectivity index (χ0v) is 19.3. The Morgan fingerprint density at radius 2 is 1.42 bits per heavy atom. The summed E-state index contributed by atoms with van der Waals surface area (Å²) in [5.74, 6) is -0.0485. The summed E-state index contributed by atoms with van der Waals surface area (Å²) >= 11 is 0. The summed E-state index contributed by atoms with van der Waals surface area (Å²) in [6.07, 6.45) is 0. The lowest BCUT2D eigenvalue weighted by Crippen LogP contribution is -2.27. The van der Waals surface area contributed by atoms with E-state index in [0.717, 1.165) is 5.56 Å². The number of hydrogen-bond acceptors (Lipinski definition) is 5. The highest BCUT2D eigenvalue weighted by molar-refractivity contribution is 7.92. The third-order valence-corrected chi connectivity index (χ3v) is 6.10. The summed E-state index contributed by atoms with van der Waals surface area (Å²) in [6, 6.07) is 19.2. The number of carbonyl (C=O) groups excluding carboxylic acids is 2. The molecule has 33 heavy (non-hydrogen) atoms. The van der Waals surface area contributed by atoms with E-state index in [9.17, 15) is 18.0 Å². The van der Waals surface area contributed by atoms with Crippen molar-refractivity contribution >= 4 is 33.2 Å². The first-order chi connectivity index (χ1) is 15.6. The predicted octanol–water partition coefficient (Wildman–Crippen LogP) is 3.52. The van der Waals surface area contributed by atoms with Gasteiger partial charge in [-0.3, -0.25) is 14.3 Å². The quantitative estimate of drug-likeness (QED) is 0.528. The summed E-state index contributed by atoms with van der Waals surface area (Å²) in [7, 11) is -0.481. The van der Waals surface area contributed by atoms with Crippen molar-refractivity contribution in [3.05, 3.63) is 83.9 Å². The first-order valence-corrected chi connectivity index (χ1v) is 11.6. The van der Waals surface area contributed by atoms with E-state index in [4.69, 9.17) is 4.74 Å². The zero-order valence-electron chi connectivity index (χ0n) is 18.5. The largest absolute Gasteiger partial charge is 0.484 e. The van der Waals surface area contributed by atoms with Crippen molar-refractivity contribution in [2.24, 2.45) is 0 Å². The van der Waals surface area contributed by atoms with Gasteiger partial charge in [0, 0.05) is 31.0 Å². The molecule has 0 saturated heterocycles. The second-order valence-electron chi connectivity index (χ2n) is 7.55. The van der Waals surface area contributed by atoms with Gasteiger partial charge in [-0.15, -0.1) is 0 Å². The molecule has 3 aromatic carbocycles. The van der Waals surface area contributed by atoms with Crippen LogP contribution in [0.15, 0.2) is 77.7 Å². The molecule has 0 fully saturated rings. The molecule has 8 nitrogen and oxygen atoms in total. The Hall–Kier alpha value is -3.85. The minimum atomic E-state index is -3.77. The highest BCUT2D eigenvalue weighted by Gasteiger charge is 2.15. The van der Waals surface area contributed by atoms with Crippen LogP contribution in [0.25, 0.3) is 0 Å². The Balaban J connectivity index is 1.60. The van der Waals surface area contributed by atoms with Crippen LogP contribution in [-0.4, -0.2) is 45.8 Å². The number of nitrogens with zero attached hydrogens (tertiary/aromatic N) is 1. The maximum Gasteiger partial charge on any atom is 0.261 e. The maximum absolute atomic E-state index is 12.6. The average Bonchev–Trinajstić information content (AvgIpc) is 2.79. The van der Waals surface area contributed by atoms with Crippen LogP contribution in [0.1, 0.15) is 15.9 Å².